The molecule has 0 amide bonds. The number of halogens is 2. The Kier molecular flexibility index (Phi) is 14.2. The Hall–Kier alpha value is -4.62. The molecule has 4 rings (SSSR count). The summed E-state index contributed by atoms with van der Waals surface area (Å²) in [5.74, 6) is -0.703. The van der Waals surface area contributed by atoms with Crippen molar-refractivity contribution in [1.82, 2.24) is 20.6 Å². The molecule has 14 heteroatoms. The summed E-state index contributed by atoms with van der Waals surface area (Å²) in [6, 6.07) is 15.5. The molecular weight excluding hydrogens is 735 g/mol. The number of aliphatic carboxylic acids is 2. The Balaban J connectivity index is 1.48. The number of carbonyl (C=O) groups is 2. The molecule has 0 bridgehead atoms. The molecule has 0 atom stereocenters. The van der Waals surface area contributed by atoms with Gasteiger partial charge in [-0.1, -0.05) is 59.6 Å². The quantitative estimate of drug-likeness (QED) is 0.0728. The van der Waals surface area contributed by atoms with Crippen molar-refractivity contribution in [3.63, 3.8) is 0 Å². The molecule has 2 heterocycles. The topological polar surface area (TPSA) is 161 Å². The van der Waals surface area contributed by atoms with Crippen molar-refractivity contribution in [3.8, 4) is 34.6 Å². The molecule has 4 aromatic rings. The SMILES string of the molecule is COc1nc(OCc2cccc(-c3cccc(COc4nc(OC)c(CNC(C)(C)CC(=O)O)cc4Cl)c3C)c2C)c(Cl)cc1CNC(C)(C)CC(=O)O. The highest BCUT2D eigenvalue weighted by Gasteiger charge is 2.24. The maximum absolute atomic E-state index is 11.2. The van der Waals surface area contributed by atoms with Crippen LogP contribution < -0.4 is 29.6 Å². The molecule has 4 N–H and O–H groups in total. The molecule has 0 radical (unpaired) electrons. The van der Waals surface area contributed by atoms with E-state index in [0.717, 1.165) is 33.4 Å². The number of methoxy groups -OCH3 is 2. The van der Waals surface area contributed by atoms with Gasteiger partial charge in [-0.05, 0) is 87.1 Å². The molecular formula is C40H48Cl2N4O8. The summed E-state index contributed by atoms with van der Waals surface area (Å²) in [7, 11) is 3.01. The lowest BCUT2D eigenvalue weighted by Gasteiger charge is -2.25. The zero-order valence-corrected chi connectivity index (χ0v) is 33.4. The fourth-order valence-electron chi connectivity index (χ4n) is 5.90. The largest absolute Gasteiger partial charge is 0.481 e. The van der Waals surface area contributed by atoms with E-state index in [1.54, 1.807) is 12.1 Å². The smallest absolute Gasteiger partial charge is 0.305 e. The van der Waals surface area contributed by atoms with Crippen LogP contribution in [0.25, 0.3) is 11.1 Å². The zero-order valence-electron chi connectivity index (χ0n) is 31.9. The van der Waals surface area contributed by atoms with Crippen LogP contribution in [0.2, 0.25) is 10.0 Å². The van der Waals surface area contributed by atoms with Gasteiger partial charge in [0, 0.05) is 35.3 Å². The molecule has 0 aliphatic heterocycles. The van der Waals surface area contributed by atoms with Crippen LogP contribution in [0.15, 0.2) is 48.5 Å². The van der Waals surface area contributed by atoms with E-state index < -0.39 is 23.0 Å². The van der Waals surface area contributed by atoms with Gasteiger partial charge in [0.25, 0.3) is 0 Å². The van der Waals surface area contributed by atoms with Crippen LogP contribution in [0, 0.1) is 13.8 Å². The van der Waals surface area contributed by atoms with E-state index in [1.807, 2.05) is 65.8 Å². The number of nitrogens with zero attached hydrogens (tertiary/aromatic N) is 2. The van der Waals surface area contributed by atoms with Crippen LogP contribution in [-0.2, 0) is 35.9 Å². The number of pyridine rings is 2. The van der Waals surface area contributed by atoms with Crippen molar-refractivity contribution in [2.75, 3.05) is 14.2 Å². The maximum atomic E-state index is 11.2. The molecule has 2 aromatic carbocycles. The van der Waals surface area contributed by atoms with Gasteiger partial charge in [-0.15, -0.1) is 0 Å². The lowest BCUT2D eigenvalue weighted by Crippen LogP contribution is -2.40. The molecule has 0 unspecified atom stereocenters. The summed E-state index contributed by atoms with van der Waals surface area (Å²) in [6.07, 6.45) is -0.107. The van der Waals surface area contributed by atoms with Crippen LogP contribution >= 0.6 is 23.2 Å². The summed E-state index contributed by atoms with van der Waals surface area (Å²) in [5, 5.41) is 25.5. The van der Waals surface area contributed by atoms with Crippen LogP contribution in [0.4, 0.5) is 0 Å². The van der Waals surface area contributed by atoms with Crippen molar-refractivity contribution in [2.45, 2.75) is 91.8 Å². The number of aromatic nitrogens is 2. The number of hydrogen-bond acceptors (Lipinski definition) is 10. The van der Waals surface area contributed by atoms with Gasteiger partial charge in [0.15, 0.2) is 0 Å². The second-order valence-corrected chi connectivity index (χ2v) is 15.1. The van der Waals surface area contributed by atoms with Gasteiger partial charge in [0.05, 0.1) is 27.1 Å². The van der Waals surface area contributed by atoms with E-state index in [2.05, 4.69) is 32.7 Å². The van der Waals surface area contributed by atoms with E-state index in [1.165, 1.54) is 14.2 Å². The summed E-state index contributed by atoms with van der Waals surface area (Å²) in [5.41, 5.74) is 6.02. The molecule has 0 saturated heterocycles. The molecule has 12 nitrogen and oxygen atoms in total. The number of benzene rings is 2. The first-order valence-corrected chi connectivity index (χ1v) is 18.0. The van der Waals surface area contributed by atoms with Gasteiger partial charge in [-0.25, -0.2) is 0 Å². The van der Waals surface area contributed by atoms with Gasteiger partial charge in [-0.3, -0.25) is 9.59 Å². The molecule has 0 fully saturated rings. The molecule has 2 aromatic heterocycles. The van der Waals surface area contributed by atoms with Crippen LogP contribution in [0.5, 0.6) is 23.5 Å². The first-order chi connectivity index (χ1) is 25.4. The molecule has 0 aliphatic rings. The minimum atomic E-state index is -0.898. The predicted octanol–water partition coefficient (Wildman–Crippen LogP) is 7.93. The Morgan fingerprint density at radius 1 is 0.648 bits per heavy atom. The lowest BCUT2D eigenvalue weighted by molar-refractivity contribution is -0.139. The number of hydrogen-bond donors (Lipinski definition) is 4. The summed E-state index contributed by atoms with van der Waals surface area (Å²) in [6.45, 7) is 12.3. The average molecular weight is 784 g/mol. The van der Waals surface area contributed by atoms with Crippen molar-refractivity contribution in [1.29, 1.82) is 0 Å². The first-order valence-electron chi connectivity index (χ1n) is 17.3. The Labute approximate surface area is 326 Å². The Bertz CT molecular complexity index is 1850. The molecule has 0 aliphatic carbocycles. The second-order valence-electron chi connectivity index (χ2n) is 14.3. The fourth-order valence-corrected chi connectivity index (χ4v) is 6.36. The number of rotatable bonds is 19. The number of carboxylic acid groups (broad SMARTS) is 2. The van der Waals surface area contributed by atoms with Gasteiger partial charge in [0.1, 0.15) is 23.3 Å². The number of carboxylic acids is 2. The highest BCUT2D eigenvalue weighted by Crippen LogP contribution is 2.34. The van der Waals surface area contributed by atoms with Crippen LogP contribution in [0.3, 0.4) is 0 Å². The van der Waals surface area contributed by atoms with E-state index in [-0.39, 0.29) is 37.8 Å². The standard InChI is InChI=1S/C40H48Cl2N4O8/c1-23-25(21-53-37-31(41)15-27(35(45-37)51-7)19-43-39(3,4)17-33(47)48)11-9-13-29(23)30-14-10-12-26(24(30)2)22-54-38-32(42)16-28(36(46-38)52-8)20-44-40(5,6)18-34(49)50/h9-16,43-44H,17-22H2,1-8H3,(H,47,48)(H,49,50). The maximum Gasteiger partial charge on any atom is 0.305 e. The minimum absolute atomic E-state index is 0.0534. The van der Waals surface area contributed by atoms with E-state index >= 15 is 0 Å². The molecule has 0 saturated carbocycles. The van der Waals surface area contributed by atoms with Crippen molar-refractivity contribution < 1.29 is 38.7 Å². The Morgan fingerprint density at radius 3 is 1.35 bits per heavy atom. The first kappa shape index (κ1) is 42.1. The van der Waals surface area contributed by atoms with E-state index in [9.17, 15) is 19.8 Å². The Morgan fingerprint density at radius 2 is 1.02 bits per heavy atom. The molecule has 0 spiro atoms. The van der Waals surface area contributed by atoms with Crippen molar-refractivity contribution in [3.05, 3.63) is 92.0 Å². The predicted molar refractivity (Wildman–Crippen MR) is 208 cm³/mol. The van der Waals surface area contributed by atoms with Gasteiger partial charge in [0.2, 0.25) is 23.5 Å². The fraction of sp³-hybridized carbons (Fsp3) is 0.400. The summed E-state index contributed by atoms with van der Waals surface area (Å²) in [4.78, 5) is 31.5. The normalized spacial score (nSPS) is 11.7. The highest BCUT2D eigenvalue weighted by molar-refractivity contribution is 6.32. The zero-order chi connectivity index (χ0) is 39.8. The monoisotopic (exact) mass is 782 g/mol. The van der Waals surface area contributed by atoms with Crippen LogP contribution in [-0.4, -0.2) is 57.4 Å². The summed E-state index contributed by atoms with van der Waals surface area (Å²) >= 11 is 13.2. The van der Waals surface area contributed by atoms with Gasteiger partial charge in [-0.2, -0.15) is 9.97 Å². The van der Waals surface area contributed by atoms with Crippen molar-refractivity contribution >= 4 is 35.1 Å². The van der Waals surface area contributed by atoms with E-state index in [4.69, 9.17) is 42.1 Å². The second kappa shape index (κ2) is 18.1. The lowest BCUT2D eigenvalue weighted by atomic mass is 9.92. The van der Waals surface area contributed by atoms with Crippen molar-refractivity contribution in [2.24, 2.45) is 0 Å². The average Bonchev–Trinajstić information content (AvgIpc) is 3.09. The van der Waals surface area contributed by atoms with E-state index in [0.29, 0.717) is 46.0 Å². The van der Waals surface area contributed by atoms with Gasteiger partial charge >= 0.3 is 11.9 Å². The number of ether oxygens (including phenoxy) is 4. The third-order valence-corrected chi connectivity index (χ3v) is 9.51. The summed E-state index contributed by atoms with van der Waals surface area (Å²) < 4.78 is 23.3. The third kappa shape index (κ3) is 11.2. The minimum Gasteiger partial charge on any atom is -0.481 e. The van der Waals surface area contributed by atoms with Crippen LogP contribution in [0.1, 0.15) is 73.9 Å². The molecule has 290 valence electrons. The molecule has 54 heavy (non-hydrogen) atoms. The highest BCUT2D eigenvalue weighted by atomic mass is 35.5. The van der Waals surface area contributed by atoms with Gasteiger partial charge < -0.3 is 39.8 Å². The number of nitrogens with one attached hydrogen (secondary N) is 2. The third-order valence-electron chi connectivity index (χ3n) is 8.96.